The molecule has 0 aliphatic carbocycles. The van der Waals surface area contributed by atoms with Crippen molar-refractivity contribution in [2.24, 2.45) is 5.92 Å². The molecule has 0 bridgehead atoms. The van der Waals surface area contributed by atoms with Gasteiger partial charge in [-0.2, -0.15) is 4.52 Å². The Morgan fingerprint density at radius 2 is 2.35 bits per heavy atom. The van der Waals surface area contributed by atoms with Crippen LogP contribution in [-0.2, 0) is 0 Å². The first kappa shape index (κ1) is 10.4. The van der Waals surface area contributed by atoms with E-state index in [0.29, 0.717) is 11.6 Å². The zero-order valence-corrected chi connectivity index (χ0v) is 9.56. The summed E-state index contributed by atoms with van der Waals surface area (Å²) in [4.78, 5) is 6.29. The molecule has 0 amide bonds. The van der Waals surface area contributed by atoms with Crippen molar-refractivity contribution in [1.82, 2.24) is 25.0 Å². The lowest BCUT2D eigenvalue weighted by atomic mass is 10.0. The molecule has 1 saturated heterocycles. The van der Waals surface area contributed by atoms with Gasteiger partial charge in [-0.1, -0.05) is 0 Å². The highest BCUT2D eigenvalue weighted by atomic mass is 16.3. The van der Waals surface area contributed by atoms with Gasteiger partial charge in [-0.3, -0.25) is 4.98 Å². The Morgan fingerprint density at radius 1 is 1.47 bits per heavy atom. The van der Waals surface area contributed by atoms with E-state index < -0.39 is 0 Å². The van der Waals surface area contributed by atoms with Crippen LogP contribution < -0.4 is 4.90 Å². The summed E-state index contributed by atoms with van der Waals surface area (Å²) in [7, 11) is 0. The van der Waals surface area contributed by atoms with Gasteiger partial charge in [-0.15, -0.1) is 5.10 Å². The van der Waals surface area contributed by atoms with Crippen LogP contribution in [0, 0.1) is 5.92 Å². The van der Waals surface area contributed by atoms with Crippen LogP contribution in [0.1, 0.15) is 13.3 Å². The van der Waals surface area contributed by atoms with Crippen molar-refractivity contribution in [3.8, 4) is 0 Å². The Morgan fingerprint density at radius 3 is 3.12 bits per heavy atom. The fraction of sp³-hybridized carbons (Fsp3) is 0.600. The molecule has 0 aromatic carbocycles. The van der Waals surface area contributed by atoms with Gasteiger partial charge in [0.1, 0.15) is 0 Å². The number of tetrazole rings is 1. The Labute approximate surface area is 98.1 Å². The van der Waals surface area contributed by atoms with E-state index in [1.54, 1.807) is 16.9 Å². The van der Waals surface area contributed by atoms with Gasteiger partial charge in [0.05, 0.1) is 18.5 Å². The third-order valence-corrected chi connectivity index (χ3v) is 3.32. The van der Waals surface area contributed by atoms with Crippen molar-refractivity contribution in [1.29, 1.82) is 0 Å². The van der Waals surface area contributed by atoms with E-state index >= 15 is 0 Å². The number of hydrogen-bond acceptors (Lipinski definition) is 6. The van der Waals surface area contributed by atoms with Crippen LogP contribution in [0.15, 0.2) is 12.4 Å². The van der Waals surface area contributed by atoms with Crippen molar-refractivity contribution in [2.45, 2.75) is 19.4 Å². The van der Waals surface area contributed by atoms with Gasteiger partial charge in [0.15, 0.2) is 11.5 Å². The fourth-order valence-corrected chi connectivity index (χ4v) is 2.27. The van der Waals surface area contributed by atoms with Gasteiger partial charge < -0.3 is 10.0 Å². The Balaban J connectivity index is 1.92. The molecule has 17 heavy (non-hydrogen) atoms. The number of aliphatic hydroxyl groups excluding tert-OH is 1. The molecule has 2 aromatic heterocycles. The van der Waals surface area contributed by atoms with Crippen LogP contribution in [0.5, 0.6) is 0 Å². The number of nitrogens with zero attached hydrogens (tertiary/aromatic N) is 6. The molecule has 7 nitrogen and oxygen atoms in total. The smallest absolute Gasteiger partial charge is 0.199 e. The minimum Gasteiger partial charge on any atom is -0.393 e. The van der Waals surface area contributed by atoms with E-state index in [0.717, 1.165) is 25.3 Å². The number of anilines is 1. The van der Waals surface area contributed by atoms with Crippen molar-refractivity contribution in [3.63, 3.8) is 0 Å². The summed E-state index contributed by atoms with van der Waals surface area (Å²) in [5, 5.41) is 21.0. The summed E-state index contributed by atoms with van der Waals surface area (Å²) in [6.07, 6.45) is 4.09. The molecule has 3 rings (SSSR count). The summed E-state index contributed by atoms with van der Waals surface area (Å²) in [5.41, 5.74) is 0.642. The first-order valence-corrected chi connectivity index (χ1v) is 5.71. The van der Waals surface area contributed by atoms with E-state index in [9.17, 15) is 5.11 Å². The normalized spacial score (nSPS) is 22.2. The second kappa shape index (κ2) is 3.92. The van der Waals surface area contributed by atoms with Crippen molar-refractivity contribution in [3.05, 3.63) is 12.4 Å². The minimum atomic E-state index is -0.277. The summed E-state index contributed by atoms with van der Waals surface area (Å²) in [5.74, 6) is 1.19. The maximum absolute atomic E-state index is 9.60. The van der Waals surface area contributed by atoms with Crippen LogP contribution in [-0.4, -0.2) is 49.3 Å². The van der Waals surface area contributed by atoms with Crippen LogP contribution in [0.25, 0.3) is 5.65 Å². The van der Waals surface area contributed by atoms with E-state index in [-0.39, 0.29) is 6.10 Å². The standard InChI is InChI=1S/C10H14N6O/c1-7(17)8-2-3-15(6-8)10-5-11-4-9-12-13-14-16(9)10/h4-5,7-8,17H,2-3,6H2,1H3. The summed E-state index contributed by atoms with van der Waals surface area (Å²) in [6, 6.07) is 0. The molecule has 2 aromatic rings. The third kappa shape index (κ3) is 1.72. The molecule has 0 saturated carbocycles. The number of rotatable bonds is 2. The molecule has 7 heteroatoms. The third-order valence-electron chi connectivity index (χ3n) is 3.32. The molecule has 1 fully saturated rings. The van der Waals surface area contributed by atoms with E-state index in [2.05, 4.69) is 25.4 Å². The Hall–Kier alpha value is -1.76. The zero-order valence-electron chi connectivity index (χ0n) is 9.56. The molecule has 1 N–H and O–H groups in total. The molecule has 90 valence electrons. The number of aromatic nitrogens is 5. The molecule has 0 spiro atoms. The highest BCUT2D eigenvalue weighted by Crippen LogP contribution is 2.24. The lowest BCUT2D eigenvalue weighted by Crippen LogP contribution is -2.25. The number of hydrogen-bond donors (Lipinski definition) is 1. The lowest BCUT2D eigenvalue weighted by Gasteiger charge is -2.19. The van der Waals surface area contributed by atoms with Crippen LogP contribution in [0.2, 0.25) is 0 Å². The molecule has 2 unspecified atom stereocenters. The number of aliphatic hydroxyl groups is 1. The Bertz CT molecular complexity index is 524. The molecule has 1 aliphatic rings. The molecule has 1 aliphatic heterocycles. The van der Waals surface area contributed by atoms with Crippen LogP contribution >= 0.6 is 0 Å². The van der Waals surface area contributed by atoms with Crippen molar-refractivity contribution >= 4 is 11.5 Å². The van der Waals surface area contributed by atoms with E-state index in [1.165, 1.54) is 0 Å². The van der Waals surface area contributed by atoms with Gasteiger partial charge in [-0.05, 0) is 23.8 Å². The number of fused-ring (bicyclic) bond motifs is 1. The summed E-state index contributed by atoms with van der Waals surface area (Å²) in [6.45, 7) is 3.55. The van der Waals surface area contributed by atoms with Gasteiger partial charge in [-0.25, -0.2) is 0 Å². The largest absolute Gasteiger partial charge is 0.393 e. The van der Waals surface area contributed by atoms with E-state index in [1.807, 2.05) is 6.92 Å². The highest BCUT2D eigenvalue weighted by Gasteiger charge is 2.27. The maximum Gasteiger partial charge on any atom is 0.199 e. The van der Waals surface area contributed by atoms with Gasteiger partial charge in [0.2, 0.25) is 0 Å². The SMILES string of the molecule is CC(O)C1CCN(c2cncc3nnnn23)C1. The molecule has 2 atom stereocenters. The van der Waals surface area contributed by atoms with Gasteiger partial charge in [0, 0.05) is 19.0 Å². The topological polar surface area (TPSA) is 79.4 Å². The quantitative estimate of drug-likeness (QED) is 0.770. The zero-order chi connectivity index (χ0) is 11.8. The van der Waals surface area contributed by atoms with Crippen LogP contribution in [0.3, 0.4) is 0 Å². The molecule has 0 radical (unpaired) electrons. The minimum absolute atomic E-state index is 0.277. The monoisotopic (exact) mass is 234 g/mol. The average Bonchev–Trinajstić information content (AvgIpc) is 2.97. The fourth-order valence-electron chi connectivity index (χ4n) is 2.27. The molecule has 3 heterocycles. The maximum atomic E-state index is 9.60. The highest BCUT2D eigenvalue weighted by molar-refractivity contribution is 5.46. The predicted octanol–water partition coefficient (Wildman–Crippen LogP) is -0.274. The lowest BCUT2D eigenvalue weighted by molar-refractivity contribution is 0.136. The Kier molecular flexibility index (Phi) is 2.40. The summed E-state index contributed by atoms with van der Waals surface area (Å²) < 4.78 is 1.68. The molecular formula is C10H14N6O. The molecular weight excluding hydrogens is 220 g/mol. The second-order valence-electron chi connectivity index (χ2n) is 4.45. The van der Waals surface area contributed by atoms with E-state index in [4.69, 9.17) is 0 Å². The van der Waals surface area contributed by atoms with Gasteiger partial charge in [0.25, 0.3) is 0 Å². The van der Waals surface area contributed by atoms with Crippen molar-refractivity contribution in [2.75, 3.05) is 18.0 Å². The van der Waals surface area contributed by atoms with Crippen LogP contribution in [0.4, 0.5) is 5.82 Å². The second-order valence-corrected chi connectivity index (χ2v) is 4.45. The first-order chi connectivity index (χ1) is 8.25. The predicted molar refractivity (Wildman–Crippen MR) is 60.6 cm³/mol. The van der Waals surface area contributed by atoms with Crippen molar-refractivity contribution < 1.29 is 5.11 Å². The first-order valence-electron chi connectivity index (χ1n) is 5.71. The van der Waals surface area contributed by atoms with Gasteiger partial charge >= 0.3 is 0 Å². The summed E-state index contributed by atoms with van der Waals surface area (Å²) >= 11 is 0. The average molecular weight is 234 g/mol.